The zero-order valence-corrected chi connectivity index (χ0v) is 17.3. The number of nitrogens with one attached hydrogen (secondary N) is 2. The molecule has 1 aromatic carbocycles. The molecule has 34 heavy (non-hydrogen) atoms. The van der Waals surface area contributed by atoms with Gasteiger partial charge in [-0.05, 0) is 24.3 Å². The number of anilines is 2. The molecule has 0 saturated heterocycles. The molecule has 0 radical (unpaired) electrons. The van der Waals surface area contributed by atoms with Crippen molar-refractivity contribution in [2.45, 2.75) is 6.18 Å². The molecule has 0 bridgehead atoms. The van der Waals surface area contributed by atoms with Crippen LogP contribution in [0.3, 0.4) is 0 Å². The van der Waals surface area contributed by atoms with E-state index in [1.807, 2.05) is 28.8 Å². The number of carbonyl (C=O) groups is 2. The van der Waals surface area contributed by atoms with Gasteiger partial charge in [-0.1, -0.05) is 12.1 Å². The fourth-order valence-corrected chi connectivity index (χ4v) is 2.95. The summed E-state index contributed by atoms with van der Waals surface area (Å²) in [5, 5.41) is 11.1. The van der Waals surface area contributed by atoms with Gasteiger partial charge >= 0.3 is 12.2 Å². The molecular formula is C21H18F3N7O3. The van der Waals surface area contributed by atoms with E-state index >= 15 is 0 Å². The Bertz CT molecular complexity index is 1290. The number of nitrogen functional groups attached to an aromatic ring is 1. The number of amides is 2. The lowest BCUT2D eigenvalue weighted by Crippen LogP contribution is -2.36. The van der Waals surface area contributed by atoms with Gasteiger partial charge in [0.15, 0.2) is 0 Å². The smallest absolute Gasteiger partial charge is 0.405 e. The van der Waals surface area contributed by atoms with Gasteiger partial charge in [0.05, 0.1) is 30.0 Å². The molecule has 0 aliphatic rings. The summed E-state index contributed by atoms with van der Waals surface area (Å²) in [5.74, 6) is 0.327. The van der Waals surface area contributed by atoms with E-state index in [0.717, 1.165) is 16.8 Å². The maximum absolute atomic E-state index is 12.2. The van der Waals surface area contributed by atoms with E-state index in [9.17, 15) is 18.0 Å². The van der Waals surface area contributed by atoms with Crippen molar-refractivity contribution in [3.8, 4) is 22.5 Å². The number of urea groups is 1. The Balaban J connectivity index is 0.00000103. The summed E-state index contributed by atoms with van der Waals surface area (Å²) in [6.45, 7) is -1.66. The predicted molar refractivity (Wildman–Crippen MR) is 118 cm³/mol. The molecule has 5 N–H and O–H groups in total. The van der Waals surface area contributed by atoms with Gasteiger partial charge in [0.2, 0.25) is 0 Å². The number of nitrogens with zero attached hydrogens (tertiary/aromatic N) is 4. The fourth-order valence-electron chi connectivity index (χ4n) is 2.95. The van der Waals surface area contributed by atoms with Crippen LogP contribution in [0.1, 0.15) is 0 Å². The lowest BCUT2D eigenvalue weighted by Gasteiger charge is -2.11. The number of nitrogens with two attached hydrogens (primary N) is 1. The molecule has 0 atom stereocenters. The first-order chi connectivity index (χ1) is 16.2. The van der Waals surface area contributed by atoms with Crippen LogP contribution in [0.15, 0.2) is 61.2 Å². The Morgan fingerprint density at radius 3 is 2.53 bits per heavy atom. The second-order valence-electron chi connectivity index (χ2n) is 6.72. The lowest BCUT2D eigenvalue weighted by molar-refractivity contribution is -0.123. The zero-order chi connectivity index (χ0) is 24.7. The van der Waals surface area contributed by atoms with Gasteiger partial charge in [-0.15, -0.1) is 0 Å². The van der Waals surface area contributed by atoms with Crippen LogP contribution in [0.25, 0.3) is 28.2 Å². The monoisotopic (exact) mass is 473 g/mol. The molecule has 0 unspecified atom stereocenters. The number of hydrogen-bond donors (Lipinski definition) is 4. The maximum Gasteiger partial charge on any atom is 0.405 e. The first-order valence-corrected chi connectivity index (χ1v) is 9.55. The molecule has 0 saturated carbocycles. The quantitative estimate of drug-likeness (QED) is 0.332. The molecule has 0 fully saturated rings. The second-order valence-corrected chi connectivity index (χ2v) is 6.72. The number of halogens is 3. The highest BCUT2D eigenvalue weighted by atomic mass is 19.4. The maximum atomic E-state index is 12.2. The van der Waals surface area contributed by atoms with Crippen molar-refractivity contribution in [3.63, 3.8) is 0 Å². The van der Waals surface area contributed by atoms with Crippen LogP contribution in [-0.2, 0) is 4.79 Å². The Morgan fingerprint density at radius 1 is 1.09 bits per heavy atom. The van der Waals surface area contributed by atoms with Crippen LogP contribution < -0.4 is 16.4 Å². The molecule has 0 aliphatic heterocycles. The summed E-state index contributed by atoms with van der Waals surface area (Å²) in [4.78, 5) is 32.8. The number of fused-ring (bicyclic) bond motifs is 1. The van der Waals surface area contributed by atoms with E-state index in [-0.39, 0.29) is 6.47 Å². The van der Waals surface area contributed by atoms with E-state index in [1.165, 1.54) is 6.20 Å². The minimum atomic E-state index is -4.48. The van der Waals surface area contributed by atoms with Crippen LogP contribution in [0.2, 0.25) is 0 Å². The average Bonchev–Trinajstić information content (AvgIpc) is 3.22. The topological polar surface area (TPSA) is 148 Å². The number of imidazole rings is 1. The van der Waals surface area contributed by atoms with Gasteiger partial charge in [-0.3, -0.25) is 14.2 Å². The third kappa shape index (κ3) is 6.18. The van der Waals surface area contributed by atoms with E-state index in [2.05, 4.69) is 20.3 Å². The predicted octanol–water partition coefficient (Wildman–Crippen LogP) is 3.43. The first-order valence-electron chi connectivity index (χ1n) is 9.55. The second kappa shape index (κ2) is 10.3. The Hall–Kier alpha value is -4.68. The van der Waals surface area contributed by atoms with E-state index in [0.29, 0.717) is 22.8 Å². The molecule has 4 aromatic rings. The minimum absolute atomic E-state index is 0.250. The molecule has 0 spiro atoms. The molecule has 10 nitrogen and oxygen atoms in total. The third-order valence-corrected chi connectivity index (χ3v) is 4.35. The number of pyridine rings is 1. The number of benzene rings is 1. The summed E-state index contributed by atoms with van der Waals surface area (Å²) in [6.07, 6.45) is 2.05. The summed E-state index contributed by atoms with van der Waals surface area (Å²) in [6, 6.07) is 9.48. The standard InChI is InChI=1S/C20H16F3N7O.CH2O2/c21-20(22,23)11-28-19(31)29-14-3-1-2-13(6-14)16-9-27-18-7-12(4-5-30(16)18)15-8-26-17(24)10-25-15;2-1-3/h1-10H,11H2,(H2,24,26)(H2,28,29,31);1H,(H,2,3). The van der Waals surface area contributed by atoms with E-state index in [4.69, 9.17) is 15.6 Å². The minimum Gasteiger partial charge on any atom is -0.483 e. The van der Waals surface area contributed by atoms with Gasteiger partial charge < -0.3 is 21.5 Å². The van der Waals surface area contributed by atoms with Crippen molar-refractivity contribution in [1.82, 2.24) is 24.7 Å². The van der Waals surface area contributed by atoms with Crippen LogP contribution >= 0.6 is 0 Å². The van der Waals surface area contributed by atoms with Gasteiger partial charge in [0.25, 0.3) is 6.47 Å². The van der Waals surface area contributed by atoms with Crippen molar-refractivity contribution in [2.24, 2.45) is 0 Å². The number of carboxylic acid groups (broad SMARTS) is 1. The molecule has 176 valence electrons. The largest absolute Gasteiger partial charge is 0.483 e. The normalized spacial score (nSPS) is 10.8. The Morgan fingerprint density at radius 2 is 1.85 bits per heavy atom. The molecule has 3 aromatic heterocycles. The van der Waals surface area contributed by atoms with Crippen LogP contribution in [-0.4, -0.2) is 49.7 Å². The molecule has 2 amide bonds. The summed E-state index contributed by atoms with van der Waals surface area (Å²) >= 11 is 0. The SMILES string of the molecule is Nc1cnc(-c2ccn3c(-c4cccc(NC(=O)NCC(F)(F)F)c4)cnc3c2)cn1.O=CO. The lowest BCUT2D eigenvalue weighted by atomic mass is 10.1. The van der Waals surface area contributed by atoms with Crippen molar-refractivity contribution in [2.75, 3.05) is 17.6 Å². The average molecular weight is 473 g/mol. The van der Waals surface area contributed by atoms with E-state index < -0.39 is 18.8 Å². The highest BCUT2D eigenvalue weighted by Crippen LogP contribution is 2.26. The van der Waals surface area contributed by atoms with Crippen molar-refractivity contribution in [3.05, 3.63) is 61.2 Å². The third-order valence-electron chi connectivity index (χ3n) is 4.35. The molecule has 13 heteroatoms. The van der Waals surface area contributed by atoms with Gasteiger partial charge in [-0.25, -0.2) is 14.8 Å². The van der Waals surface area contributed by atoms with Gasteiger partial charge in [0, 0.05) is 23.0 Å². The number of carbonyl (C=O) groups excluding carboxylic acids is 1. The molecule has 0 aliphatic carbocycles. The Kier molecular flexibility index (Phi) is 7.26. The van der Waals surface area contributed by atoms with Gasteiger partial charge in [0.1, 0.15) is 18.0 Å². The van der Waals surface area contributed by atoms with Crippen molar-refractivity contribution in [1.29, 1.82) is 0 Å². The summed E-state index contributed by atoms with van der Waals surface area (Å²) in [5.41, 5.74) is 9.51. The van der Waals surface area contributed by atoms with Gasteiger partial charge in [-0.2, -0.15) is 13.2 Å². The summed E-state index contributed by atoms with van der Waals surface area (Å²) < 4.78 is 38.6. The molecular weight excluding hydrogens is 455 g/mol. The first kappa shape index (κ1) is 24.0. The number of alkyl halides is 3. The summed E-state index contributed by atoms with van der Waals surface area (Å²) in [7, 11) is 0. The van der Waals surface area contributed by atoms with Crippen molar-refractivity contribution >= 4 is 29.7 Å². The van der Waals surface area contributed by atoms with E-state index in [1.54, 1.807) is 35.9 Å². The van der Waals surface area contributed by atoms with Crippen molar-refractivity contribution < 1.29 is 27.9 Å². The highest BCUT2D eigenvalue weighted by molar-refractivity contribution is 5.90. The zero-order valence-electron chi connectivity index (χ0n) is 17.3. The molecule has 3 heterocycles. The highest BCUT2D eigenvalue weighted by Gasteiger charge is 2.27. The number of rotatable bonds is 4. The Labute approximate surface area is 190 Å². The molecule has 4 rings (SSSR count). The van der Waals surface area contributed by atoms with Crippen LogP contribution in [0.4, 0.5) is 29.5 Å². The number of aromatic nitrogens is 4. The van der Waals surface area contributed by atoms with Crippen LogP contribution in [0.5, 0.6) is 0 Å². The number of hydrogen-bond acceptors (Lipinski definition) is 6. The van der Waals surface area contributed by atoms with Crippen LogP contribution in [0, 0.1) is 0 Å². The fraction of sp³-hybridized carbons (Fsp3) is 0.0952.